The van der Waals surface area contributed by atoms with Gasteiger partial charge in [0, 0.05) is 25.7 Å². The molecular formula is C84H164O17P2. The predicted molar refractivity (Wildman–Crippen MR) is 423 cm³/mol. The molecule has 0 saturated carbocycles. The maximum atomic E-state index is 13.1. The van der Waals surface area contributed by atoms with Crippen molar-refractivity contribution in [3.8, 4) is 0 Å². The van der Waals surface area contributed by atoms with Crippen molar-refractivity contribution in [3.63, 3.8) is 0 Å². The lowest BCUT2D eigenvalue weighted by atomic mass is 10.0. The molecule has 0 amide bonds. The van der Waals surface area contributed by atoms with Crippen LogP contribution in [0.15, 0.2) is 0 Å². The molecule has 2 unspecified atom stereocenters. The summed E-state index contributed by atoms with van der Waals surface area (Å²) in [5, 5.41) is 10.7. The van der Waals surface area contributed by atoms with Gasteiger partial charge in [0.1, 0.15) is 19.3 Å². The van der Waals surface area contributed by atoms with E-state index in [0.29, 0.717) is 25.7 Å². The van der Waals surface area contributed by atoms with Gasteiger partial charge in [-0.2, -0.15) is 0 Å². The third-order valence-corrected chi connectivity index (χ3v) is 21.6. The second-order valence-corrected chi connectivity index (χ2v) is 34.1. The number of hydrogen-bond donors (Lipinski definition) is 3. The molecule has 0 aliphatic carbocycles. The normalized spacial score (nSPS) is 13.9. The smallest absolute Gasteiger partial charge is 0.462 e. The molecule has 0 aromatic heterocycles. The van der Waals surface area contributed by atoms with E-state index in [-0.39, 0.29) is 25.7 Å². The van der Waals surface area contributed by atoms with E-state index < -0.39 is 97.5 Å². The molecule has 0 aliphatic rings. The van der Waals surface area contributed by atoms with Gasteiger partial charge in [-0.05, 0) is 37.5 Å². The van der Waals surface area contributed by atoms with Crippen LogP contribution in [0, 0.1) is 11.8 Å². The highest BCUT2D eigenvalue weighted by Crippen LogP contribution is 2.45. The number of hydrogen-bond acceptors (Lipinski definition) is 15. The lowest BCUT2D eigenvalue weighted by molar-refractivity contribution is -0.161. The summed E-state index contributed by atoms with van der Waals surface area (Å²) in [5.74, 6) is -0.515. The minimum Gasteiger partial charge on any atom is -0.462 e. The first-order chi connectivity index (χ1) is 49.9. The van der Waals surface area contributed by atoms with Crippen LogP contribution in [-0.4, -0.2) is 96.7 Å². The van der Waals surface area contributed by atoms with Gasteiger partial charge < -0.3 is 33.8 Å². The number of carbonyl (C=O) groups excluding carboxylic acids is 4. The van der Waals surface area contributed by atoms with Crippen molar-refractivity contribution in [2.24, 2.45) is 11.8 Å². The molecule has 0 heterocycles. The summed E-state index contributed by atoms with van der Waals surface area (Å²) < 4.78 is 68.9. The Morgan fingerprint density at radius 1 is 0.262 bits per heavy atom. The Kier molecular flexibility index (Phi) is 74.1. The molecule has 0 radical (unpaired) electrons. The van der Waals surface area contributed by atoms with Crippen LogP contribution in [0.25, 0.3) is 0 Å². The van der Waals surface area contributed by atoms with Gasteiger partial charge in [-0.25, -0.2) is 9.13 Å². The molecule has 0 spiro atoms. The van der Waals surface area contributed by atoms with Gasteiger partial charge in [-0.3, -0.25) is 37.3 Å². The van der Waals surface area contributed by atoms with E-state index in [1.807, 2.05) is 0 Å². The zero-order chi connectivity index (χ0) is 75.6. The van der Waals surface area contributed by atoms with Crippen molar-refractivity contribution in [1.29, 1.82) is 0 Å². The predicted octanol–water partition coefficient (Wildman–Crippen LogP) is 25.5. The molecule has 103 heavy (non-hydrogen) atoms. The summed E-state index contributed by atoms with van der Waals surface area (Å²) in [6.07, 6.45) is 66.4. The Labute approximate surface area is 632 Å². The molecule has 0 aliphatic heterocycles. The molecule has 0 saturated heterocycles. The van der Waals surface area contributed by atoms with Crippen molar-refractivity contribution >= 4 is 39.5 Å². The summed E-state index contributed by atoms with van der Waals surface area (Å²) >= 11 is 0. The fourth-order valence-electron chi connectivity index (χ4n) is 13.1. The summed E-state index contributed by atoms with van der Waals surface area (Å²) in [4.78, 5) is 73.2. The number of aliphatic hydroxyl groups is 1. The van der Waals surface area contributed by atoms with Crippen LogP contribution in [-0.2, 0) is 65.4 Å². The molecule has 19 heteroatoms. The third-order valence-electron chi connectivity index (χ3n) is 19.7. The lowest BCUT2D eigenvalue weighted by Crippen LogP contribution is -2.30. The first-order valence-electron chi connectivity index (χ1n) is 43.5. The van der Waals surface area contributed by atoms with Crippen LogP contribution < -0.4 is 0 Å². The molecule has 0 fully saturated rings. The number of ether oxygens (including phenoxy) is 4. The number of aliphatic hydroxyl groups excluding tert-OH is 1. The summed E-state index contributed by atoms with van der Waals surface area (Å²) in [6, 6.07) is 0. The van der Waals surface area contributed by atoms with E-state index in [4.69, 9.17) is 37.0 Å². The molecule has 0 aromatic carbocycles. The van der Waals surface area contributed by atoms with Gasteiger partial charge in [0.15, 0.2) is 12.2 Å². The number of unbranched alkanes of at least 4 members (excludes halogenated alkanes) is 53. The number of phosphoric ester groups is 2. The summed E-state index contributed by atoms with van der Waals surface area (Å²) in [6.45, 7) is 9.71. The molecule has 5 atom stereocenters. The van der Waals surface area contributed by atoms with Crippen molar-refractivity contribution in [2.45, 2.75) is 464 Å². The standard InChI is InChI=1S/C84H164O17P2/c1-7-9-11-13-15-17-19-21-22-26-30-37-43-49-55-61-67-82(87)95-73-79(100-83(88)68-62-56-50-44-38-31-27-24-23-25-29-34-40-46-52-58-64-76(3)4)74-98-102(90,91)96-70-78(85)71-97-103(92,93)99-75-80(72-94-81(86)66-60-54-48-42-36-28-20-18-16-14-12-10-8-2)101-84(89)69-63-57-51-45-39-33-32-35-41-47-53-59-65-77(5)6/h76-80,85H,7-75H2,1-6H3,(H,90,91)(H,92,93)/t78-,79-,80-/m1/s1. The zero-order valence-electron chi connectivity index (χ0n) is 67.6. The van der Waals surface area contributed by atoms with Crippen molar-refractivity contribution in [3.05, 3.63) is 0 Å². The van der Waals surface area contributed by atoms with Crippen LogP contribution in [0.2, 0.25) is 0 Å². The highest BCUT2D eigenvalue weighted by atomic mass is 31.2. The van der Waals surface area contributed by atoms with E-state index >= 15 is 0 Å². The van der Waals surface area contributed by atoms with Crippen molar-refractivity contribution in [2.75, 3.05) is 39.6 Å². The lowest BCUT2D eigenvalue weighted by Gasteiger charge is -2.21. The average Bonchev–Trinajstić information content (AvgIpc) is 0.916. The highest BCUT2D eigenvalue weighted by Gasteiger charge is 2.30. The maximum Gasteiger partial charge on any atom is 0.472 e. The molecule has 3 N–H and O–H groups in total. The summed E-state index contributed by atoms with van der Waals surface area (Å²) in [7, 11) is -9.93. The second-order valence-electron chi connectivity index (χ2n) is 31.2. The maximum absolute atomic E-state index is 13.1. The Bertz CT molecular complexity index is 1980. The van der Waals surface area contributed by atoms with E-state index in [1.165, 1.54) is 263 Å². The van der Waals surface area contributed by atoms with E-state index in [2.05, 4.69) is 41.5 Å². The molecular weight excluding hydrogens is 1340 g/mol. The van der Waals surface area contributed by atoms with Crippen LogP contribution >= 0.6 is 15.6 Å². The molecule has 612 valence electrons. The Morgan fingerprint density at radius 3 is 0.660 bits per heavy atom. The summed E-state index contributed by atoms with van der Waals surface area (Å²) in [5.41, 5.74) is 0. The SMILES string of the molecule is CCCCCCCCCCCCCCCCCCC(=O)OC[C@H](COP(=O)(O)OC[C@@H](O)COP(=O)(O)OC[C@@H](COC(=O)CCCCCCCCCCCCCCC)OC(=O)CCCCCCCCCCCCCCC(C)C)OC(=O)CCCCCCCCCCCCCCCCCCC(C)C. The molecule has 0 aromatic rings. The molecule has 17 nitrogen and oxygen atoms in total. The van der Waals surface area contributed by atoms with Crippen LogP contribution in [0.4, 0.5) is 0 Å². The largest absolute Gasteiger partial charge is 0.472 e. The number of esters is 4. The van der Waals surface area contributed by atoms with Gasteiger partial charge in [0.05, 0.1) is 26.4 Å². The van der Waals surface area contributed by atoms with Crippen molar-refractivity contribution in [1.82, 2.24) is 0 Å². The Morgan fingerprint density at radius 2 is 0.447 bits per heavy atom. The van der Waals surface area contributed by atoms with Crippen molar-refractivity contribution < 1.29 is 80.2 Å². The quantitative estimate of drug-likeness (QED) is 0.0222. The Hall–Kier alpha value is -1.94. The van der Waals surface area contributed by atoms with Crippen LogP contribution in [0.3, 0.4) is 0 Å². The van der Waals surface area contributed by atoms with E-state index in [0.717, 1.165) is 102 Å². The zero-order valence-corrected chi connectivity index (χ0v) is 69.4. The van der Waals surface area contributed by atoms with Crippen LogP contribution in [0.1, 0.15) is 446 Å². The average molecular weight is 1510 g/mol. The van der Waals surface area contributed by atoms with E-state index in [9.17, 15) is 43.2 Å². The molecule has 0 rings (SSSR count). The van der Waals surface area contributed by atoms with Gasteiger partial charge in [-0.1, -0.05) is 395 Å². The topological polar surface area (TPSA) is 237 Å². The fourth-order valence-corrected chi connectivity index (χ4v) is 14.6. The monoisotopic (exact) mass is 1510 g/mol. The van der Waals surface area contributed by atoms with Gasteiger partial charge >= 0.3 is 39.5 Å². The first-order valence-corrected chi connectivity index (χ1v) is 46.5. The molecule has 0 bridgehead atoms. The third kappa shape index (κ3) is 78.0. The highest BCUT2D eigenvalue weighted by molar-refractivity contribution is 7.47. The van der Waals surface area contributed by atoms with Gasteiger partial charge in [-0.15, -0.1) is 0 Å². The second kappa shape index (κ2) is 75.5. The number of carbonyl (C=O) groups is 4. The fraction of sp³-hybridized carbons (Fsp3) is 0.952. The minimum absolute atomic E-state index is 0.108. The first kappa shape index (κ1) is 101. The van der Waals surface area contributed by atoms with Crippen LogP contribution in [0.5, 0.6) is 0 Å². The minimum atomic E-state index is -4.96. The Balaban J connectivity index is 5.27. The number of phosphoric acid groups is 2. The van der Waals surface area contributed by atoms with E-state index in [1.54, 1.807) is 0 Å². The van der Waals surface area contributed by atoms with Gasteiger partial charge in [0.25, 0.3) is 0 Å². The number of rotatable bonds is 83. The van der Waals surface area contributed by atoms with Gasteiger partial charge in [0.2, 0.25) is 0 Å².